The first-order valence-corrected chi connectivity index (χ1v) is 6.31. The molecule has 2 rings (SSSR count). The van der Waals surface area contributed by atoms with Crippen LogP contribution >= 0.6 is 11.5 Å². The molecule has 17 heavy (non-hydrogen) atoms. The van der Waals surface area contributed by atoms with Gasteiger partial charge in [0.25, 0.3) is 0 Å². The number of H-pyrrole nitrogens is 1. The molecule has 0 amide bonds. The molecule has 0 saturated heterocycles. The van der Waals surface area contributed by atoms with Gasteiger partial charge in [-0.25, -0.2) is 4.98 Å². The molecule has 0 radical (unpaired) electrons. The summed E-state index contributed by atoms with van der Waals surface area (Å²) in [5.41, 5.74) is 2.23. The second-order valence-electron chi connectivity index (χ2n) is 5.05. The highest BCUT2D eigenvalue weighted by molar-refractivity contribution is 7.09. The third kappa shape index (κ3) is 2.82. The number of aromatic nitrogens is 4. The Labute approximate surface area is 105 Å². The first-order chi connectivity index (χ1) is 7.97. The number of hydrogen-bond acceptors (Lipinski definition) is 5. The van der Waals surface area contributed by atoms with Crippen LogP contribution in [-0.4, -0.2) is 19.6 Å². The molecule has 2 aromatic heterocycles. The Bertz CT molecular complexity index is 494. The van der Waals surface area contributed by atoms with Crippen LogP contribution in [0.25, 0.3) is 0 Å². The molecule has 0 aliphatic heterocycles. The minimum Gasteiger partial charge on any atom is -0.356 e. The summed E-state index contributed by atoms with van der Waals surface area (Å²) >= 11 is 1.40. The maximum absolute atomic E-state index is 4.48. The molecular weight excluding hydrogens is 234 g/mol. The van der Waals surface area contributed by atoms with Gasteiger partial charge in [0.05, 0.1) is 6.20 Å². The number of rotatable bonds is 3. The van der Waals surface area contributed by atoms with Gasteiger partial charge in [0.2, 0.25) is 5.13 Å². The zero-order valence-electron chi connectivity index (χ0n) is 10.5. The number of nitrogens with one attached hydrogen (secondary N) is 2. The monoisotopic (exact) mass is 251 g/mol. The van der Waals surface area contributed by atoms with Crippen molar-refractivity contribution in [2.24, 2.45) is 0 Å². The van der Waals surface area contributed by atoms with Gasteiger partial charge in [0.1, 0.15) is 5.82 Å². The third-order valence-corrected chi connectivity index (χ3v) is 3.13. The van der Waals surface area contributed by atoms with E-state index in [4.69, 9.17) is 0 Å². The van der Waals surface area contributed by atoms with Crippen molar-refractivity contribution < 1.29 is 0 Å². The Morgan fingerprint density at radius 3 is 2.71 bits per heavy atom. The van der Waals surface area contributed by atoms with Crippen LogP contribution in [0.3, 0.4) is 0 Å². The quantitative estimate of drug-likeness (QED) is 0.879. The summed E-state index contributed by atoms with van der Waals surface area (Å²) in [6.45, 7) is 9.06. The fraction of sp³-hybridized carbons (Fsp3) is 0.545. The Morgan fingerprint density at radius 1 is 1.41 bits per heavy atom. The lowest BCUT2D eigenvalue weighted by Crippen LogP contribution is -2.13. The summed E-state index contributed by atoms with van der Waals surface area (Å²) in [5.74, 6) is 0.883. The molecule has 0 atom stereocenters. The average Bonchev–Trinajstić information content (AvgIpc) is 2.82. The van der Waals surface area contributed by atoms with Gasteiger partial charge in [-0.2, -0.15) is 9.47 Å². The maximum Gasteiger partial charge on any atom is 0.202 e. The lowest BCUT2D eigenvalue weighted by molar-refractivity contribution is 0.555. The number of anilines is 1. The fourth-order valence-corrected chi connectivity index (χ4v) is 2.08. The van der Waals surface area contributed by atoms with Crippen molar-refractivity contribution in [2.45, 2.75) is 39.7 Å². The van der Waals surface area contributed by atoms with Crippen LogP contribution in [0.5, 0.6) is 0 Å². The van der Waals surface area contributed by atoms with Crippen molar-refractivity contribution >= 4 is 16.7 Å². The van der Waals surface area contributed by atoms with Crippen LogP contribution in [0.4, 0.5) is 5.13 Å². The number of aromatic amines is 1. The summed E-state index contributed by atoms with van der Waals surface area (Å²) < 4.78 is 4.35. The molecule has 0 unspecified atom stereocenters. The molecule has 2 aromatic rings. The van der Waals surface area contributed by atoms with E-state index in [0.29, 0.717) is 0 Å². The van der Waals surface area contributed by atoms with Crippen LogP contribution < -0.4 is 5.32 Å². The average molecular weight is 251 g/mol. The van der Waals surface area contributed by atoms with Crippen molar-refractivity contribution in [3.63, 3.8) is 0 Å². The molecule has 0 aromatic carbocycles. The molecule has 2 heterocycles. The minimum atomic E-state index is 0.00197. The topological polar surface area (TPSA) is 66.5 Å². The van der Waals surface area contributed by atoms with E-state index in [1.807, 2.05) is 13.1 Å². The third-order valence-electron chi connectivity index (χ3n) is 2.46. The molecule has 0 aliphatic carbocycles. The van der Waals surface area contributed by atoms with E-state index in [1.54, 1.807) is 0 Å². The molecule has 0 bridgehead atoms. The summed E-state index contributed by atoms with van der Waals surface area (Å²) in [4.78, 5) is 4.48. The van der Waals surface area contributed by atoms with Crippen LogP contribution in [0.2, 0.25) is 0 Å². The highest BCUT2D eigenvalue weighted by Gasteiger charge is 2.19. The molecular formula is C11H17N5S. The molecule has 5 nitrogen and oxygen atoms in total. The van der Waals surface area contributed by atoms with Gasteiger partial charge >= 0.3 is 0 Å². The molecule has 2 N–H and O–H groups in total. The first kappa shape index (κ1) is 12.0. The van der Waals surface area contributed by atoms with E-state index in [0.717, 1.165) is 28.8 Å². The van der Waals surface area contributed by atoms with E-state index in [2.05, 4.69) is 45.6 Å². The summed E-state index contributed by atoms with van der Waals surface area (Å²) in [6.07, 6.45) is 1.83. The van der Waals surface area contributed by atoms with Crippen molar-refractivity contribution in [1.29, 1.82) is 0 Å². The summed E-state index contributed by atoms with van der Waals surface area (Å²) in [5, 5.41) is 11.0. The SMILES string of the molecule is Cc1[nH]ncc1CNc1nc(C(C)(C)C)ns1. The Hall–Kier alpha value is -1.43. The number of hydrogen-bond donors (Lipinski definition) is 2. The second-order valence-corrected chi connectivity index (χ2v) is 5.80. The van der Waals surface area contributed by atoms with E-state index < -0.39 is 0 Å². The van der Waals surface area contributed by atoms with Crippen molar-refractivity contribution in [3.05, 3.63) is 23.3 Å². The predicted octanol–water partition coefficient (Wildman–Crippen LogP) is 2.48. The highest BCUT2D eigenvalue weighted by Crippen LogP contribution is 2.23. The van der Waals surface area contributed by atoms with Gasteiger partial charge in [-0.3, -0.25) is 5.10 Å². The fourth-order valence-electron chi connectivity index (χ4n) is 1.32. The molecule has 92 valence electrons. The van der Waals surface area contributed by atoms with Crippen LogP contribution in [-0.2, 0) is 12.0 Å². The van der Waals surface area contributed by atoms with Gasteiger partial charge < -0.3 is 5.32 Å². The Balaban J connectivity index is 2.01. The summed E-state index contributed by atoms with van der Waals surface area (Å²) in [6, 6.07) is 0. The zero-order chi connectivity index (χ0) is 12.5. The van der Waals surface area contributed by atoms with Gasteiger partial charge in [-0.05, 0) is 6.92 Å². The largest absolute Gasteiger partial charge is 0.356 e. The predicted molar refractivity (Wildman–Crippen MR) is 69.3 cm³/mol. The van der Waals surface area contributed by atoms with Crippen molar-refractivity contribution in [2.75, 3.05) is 5.32 Å². The summed E-state index contributed by atoms with van der Waals surface area (Å²) in [7, 11) is 0. The lowest BCUT2D eigenvalue weighted by Gasteiger charge is -2.12. The minimum absolute atomic E-state index is 0.00197. The Morgan fingerprint density at radius 2 is 2.18 bits per heavy atom. The molecule has 0 fully saturated rings. The van der Waals surface area contributed by atoms with E-state index in [-0.39, 0.29) is 5.41 Å². The van der Waals surface area contributed by atoms with E-state index in [9.17, 15) is 0 Å². The van der Waals surface area contributed by atoms with Gasteiger partial charge in [0.15, 0.2) is 0 Å². The van der Waals surface area contributed by atoms with Crippen LogP contribution in [0, 0.1) is 6.92 Å². The maximum atomic E-state index is 4.48. The van der Waals surface area contributed by atoms with Crippen molar-refractivity contribution in [3.8, 4) is 0 Å². The number of aryl methyl sites for hydroxylation is 1. The molecule has 0 saturated carbocycles. The normalized spacial score (nSPS) is 11.8. The van der Waals surface area contributed by atoms with Gasteiger partial charge in [-0.1, -0.05) is 20.8 Å². The van der Waals surface area contributed by atoms with Gasteiger partial charge in [-0.15, -0.1) is 0 Å². The lowest BCUT2D eigenvalue weighted by atomic mass is 9.96. The zero-order valence-corrected chi connectivity index (χ0v) is 11.4. The standard InChI is InChI=1S/C11H17N5S/c1-7-8(6-13-15-7)5-12-10-14-9(16-17-10)11(2,3)4/h6H,5H2,1-4H3,(H,13,15)(H,12,14,16). The van der Waals surface area contributed by atoms with Gasteiger partial charge in [0, 0.05) is 34.7 Å². The first-order valence-electron chi connectivity index (χ1n) is 5.54. The number of nitrogens with zero attached hydrogens (tertiary/aromatic N) is 3. The van der Waals surface area contributed by atoms with E-state index in [1.165, 1.54) is 11.5 Å². The highest BCUT2D eigenvalue weighted by atomic mass is 32.1. The smallest absolute Gasteiger partial charge is 0.202 e. The molecule has 0 aliphatic rings. The Kier molecular flexibility index (Phi) is 3.15. The van der Waals surface area contributed by atoms with E-state index >= 15 is 0 Å². The molecule has 0 spiro atoms. The van der Waals surface area contributed by atoms with Crippen LogP contribution in [0.1, 0.15) is 37.9 Å². The molecule has 6 heteroatoms. The van der Waals surface area contributed by atoms with Crippen molar-refractivity contribution in [1.82, 2.24) is 19.6 Å². The van der Waals surface area contributed by atoms with Crippen LogP contribution in [0.15, 0.2) is 6.20 Å². The second kappa shape index (κ2) is 4.44.